The molecule has 1 aliphatic carbocycles. The molecular weight excluding hydrogens is 332 g/mol. The van der Waals surface area contributed by atoms with Crippen LogP contribution in [0.3, 0.4) is 0 Å². The molecule has 0 radical (unpaired) electrons. The number of piperazine rings is 1. The van der Waals surface area contributed by atoms with Crippen molar-refractivity contribution >= 4 is 0 Å². The third-order valence-corrected chi connectivity index (χ3v) is 5.49. The summed E-state index contributed by atoms with van der Waals surface area (Å²) in [6, 6.07) is 1.80. The fourth-order valence-corrected chi connectivity index (χ4v) is 3.77. The smallest absolute Gasteiger partial charge is 0.267 e. The summed E-state index contributed by atoms with van der Waals surface area (Å²) < 4.78 is 6.42. The van der Waals surface area contributed by atoms with Gasteiger partial charge in [0.1, 0.15) is 11.4 Å². The van der Waals surface area contributed by atoms with E-state index in [1.807, 2.05) is 6.92 Å². The SMILES string of the molecule is Cc1nonc1CN1CCN(CCn2nc3c(cc2=O)CCCC3)CC1. The predicted molar refractivity (Wildman–Crippen MR) is 95.9 cm³/mol. The summed E-state index contributed by atoms with van der Waals surface area (Å²) in [5.41, 5.74) is 4.10. The summed E-state index contributed by atoms with van der Waals surface area (Å²) in [5, 5.41) is 12.4. The van der Waals surface area contributed by atoms with E-state index in [1.54, 1.807) is 10.7 Å². The first-order chi connectivity index (χ1) is 12.7. The summed E-state index contributed by atoms with van der Waals surface area (Å²) in [7, 11) is 0. The van der Waals surface area contributed by atoms with Crippen LogP contribution in [0, 0.1) is 6.92 Å². The lowest BCUT2D eigenvalue weighted by molar-refractivity contribution is 0.120. The monoisotopic (exact) mass is 358 g/mol. The molecule has 2 aromatic rings. The van der Waals surface area contributed by atoms with E-state index in [0.717, 1.165) is 74.8 Å². The molecule has 0 aromatic carbocycles. The Balaban J connectivity index is 1.29. The van der Waals surface area contributed by atoms with Crippen LogP contribution in [0.25, 0.3) is 0 Å². The minimum atomic E-state index is 0.0401. The van der Waals surface area contributed by atoms with Gasteiger partial charge in [0.2, 0.25) is 0 Å². The first-order valence-corrected chi connectivity index (χ1v) is 9.52. The van der Waals surface area contributed by atoms with Crippen molar-refractivity contribution in [2.75, 3.05) is 32.7 Å². The van der Waals surface area contributed by atoms with Crippen LogP contribution in [-0.4, -0.2) is 62.6 Å². The average Bonchev–Trinajstić information content (AvgIpc) is 3.06. The molecule has 3 heterocycles. The number of hydrogen-bond donors (Lipinski definition) is 0. The third-order valence-electron chi connectivity index (χ3n) is 5.49. The number of rotatable bonds is 5. The molecule has 0 atom stereocenters. The van der Waals surface area contributed by atoms with Crippen molar-refractivity contribution in [3.63, 3.8) is 0 Å². The first-order valence-electron chi connectivity index (χ1n) is 9.52. The fourth-order valence-electron chi connectivity index (χ4n) is 3.77. The van der Waals surface area contributed by atoms with Crippen molar-refractivity contribution < 1.29 is 4.63 Å². The number of fused-ring (bicyclic) bond motifs is 1. The van der Waals surface area contributed by atoms with Crippen LogP contribution in [0.2, 0.25) is 0 Å². The Morgan fingerprint density at radius 3 is 2.58 bits per heavy atom. The number of aryl methyl sites for hydroxylation is 3. The van der Waals surface area contributed by atoms with Gasteiger partial charge in [-0.15, -0.1) is 0 Å². The van der Waals surface area contributed by atoms with Crippen molar-refractivity contribution in [3.05, 3.63) is 39.1 Å². The molecule has 140 valence electrons. The van der Waals surface area contributed by atoms with E-state index in [4.69, 9.17) is 4.63 Å². The lowest BCUT2D eigenvalue weighted by Crippen LogP contribution is -2.47. The van der Waals surface area contributed by atoms with Crippen molar-refractivity contribution in [3.8, 4) is 0 Å². The lowest BCUT2D eigenvalue weighted by Gasteiger charge is -2.34. The zero-order valence-corrected chi connectivity index (χ0v) is 15.4. The van der Waals surface area contributed by atoms with Gasteiger partial charge in [0, 0.05) is 45.3 Å². The van der Waals surface area contributed by atoms with Crippen LogP contribution >= 0.6 is 0 Å². The van der Waals surface area contributed by atoms with Crippen LogP contribution in [0.5, 0.6) is 0 Å². The van der Waals surface area contributed by atoms with Crippen LogP contribution in [0.15, 0.2) is 15.5 Å². The Kier molecular flexibility index (Phi) is 5.12. The van der Waals surface area contributed by atoms with E-state index in [9.17, 15) is 4.79 Å². The van der Waals surface area contributed by atoms with Gasteiger partial charge in [-0.2, -0.15) is 5.10 Å². The van der Waals surface area contributed by atoms with Gasteiger partial charge in [0.25, 0.3) is 5.56 Å². The van der Waals surface area contributed by atoms with Gasteiger partial charge >= 0.3 is 0 Å². The molecular formula is C18H26N6O2. The summed E-state index contributed by atoms with van der Waals surface area (Å²) in [5.74, 6) is 0. The molecule has 0 N–H and O–H groups in total. The van der Waals surface area contributed by atoms with Gasteiger partial charge in [-0.25, -0.2) is 9.31 Å². The zero-order chi connectivity index (χ0) is 17.9. The van der Waals surface area contributed by atoms with Crippen LogP contribution in [0.1, 0.15) is 35.5 Å². The van der Waals surface area contributed by atoms with Crippen LogP contribution in [0.4, 0.5) is 0 Å². The van der Waals surface area contributed by atoms with Gasteiger partial charge in [-0.05, 0) is 38.2 Å². The molecule has 0 amide bonds. The molecule has 1 saturated heterocycles. The fraction of sp³-hybridized carbons (Fsp3) is 0.667. The molecule has 0 saturated carbocycles. The maximum absolute atomic E-state index is 12.3. The van der Waals surface area contributed by atoms with Crippen LogP contribution < -0.4 is 5.56 Å². The van der Waals surface area contributed by atoms with E-state index < -0.39 is 0 Å². The predicted octanol–water partition coefficient (Wildman–Crippen LogP) is 0.631. The molecule has 0 spiro atoms. The van der Waals surface area contributed by atoms with Crippen molar-refractivity contribution in [2.45, 2.75) is 45.7 Å². The summed E-state index contributed by atoms with van der Waals surface area (Å²) in [6.45, 7) is 8.19. The molecule has 8 heteroatoms. The maximum Gasteiger partial charge on any atom is 0.267 e. The van der Waals surface area contributed by atoms with Gasteiger partial charge in [0.15, 0.2) is 0 Å². The van der Waals surface area contributed by atoms with Gasteiger partial charge in [-0.3, -0.25) is 14.6 Å². The molecule has 26 heavy (non-hydrogen) atoms. The largest absolute Gasteiger partial charge is 0.299 e. The standard InChI is InChI=1S/C18H26N6O2/c1-14-17(21-26-20-14)13-23-8-6-22(7-9-23)10-11-24-18(25)12-15-4-2-3-5-16(15)19-24/h12H,2-11,13H2,1H3. The number of aromatic nitrogens is 4. The highest BCUT2D eigenvalue weighted by Crippen LogP contribution is 2.17. The van der Waals surface area contributed by atoms with E-state index in [0.29, 0.717) is 6.54 Å². The van der Waals surface area contributed by atoms with Gasteiger partial charge in [0.05, 0.1) is 12.2 Å². The highest BCUT2D eigenvalue weighted by atomic mass is 16.6. The lowest BCUT2D eigenvalue weighted by atomic mass is 9.97. The second kappa shape index (κ2) is 7.67. The molecule has 1 aliphatic heterocycles. The molecule has 1 fully saturated rings. The average molecular weight is 358 g/mol. The molecule has 8 nitrogen and oxygen atoms in total. The third kappa shape index (κ3) is 3.86. The first kappa shape index (κ1) is 17.4. The Morgan fingerprint density at radius 1 is 1.04 bits per heavy atom. The highest BCUT2D eigenvalue weighted by molar-refractivity contribution is 5.20. The quantitative estimate of drug-likeness (QED) is 0.775. The molecule has 0 unspecified atom stereocenters. The maximum atomic E-state index is 12.3. The van der Waals surface area contributed by atoms with E-state index in [1.165, 1.54) is 12.8 Å². The Morgan fingerprint density at radius 2 is 1.81 bits per heavy atom. The Labute approximate surface area is 152 Å². The molecule has 0 bridgehead atoms. The molecule has 4 rings (SSSR count). The summed E-state index contributed by atoms with van der Waals surface area (Å²) >= 11 is 0. The second-order valence-corrected chi connectivity index (χ2v) is 7.30. The van der Waals surface area contributed by atoms with Gasteiger partial charge in [-0.1, -0.05) is 10.3 Å². The highest BCUT2D eigenvalue weighted by Gasteiger charge is 2.19. The van der Waals surface area contributed by atoms with Crippen molar-refractivity contribution in [1.29, 1.82) is 0 Å². The minimum absolute atomic E-state index is 0.0401. The minimum Gasteiger partial charge on any atom is -0.299 e. The van der Waals surface area contributed by atoms with E-state index in [2.05, 4.69) is 25.2 Å². The van der Waals surface area contributed by atoms with Crippen LogP contribution in [-0.2, 0) is 25.9 Å². The summed E-state index contributed by atoms with van der Waals surface area (Å²) in [4.78, 5) is 17.0. The van der Waals surface area contributed by atoms with Gasteiger partial charge < -0.3 is 0 Å². The van der Waals surface area contributed by atoms with E-state index >= 15 is 0 Å². The number of nitrogens with zero attached hydrogens (tertiary/aromatic N) is 6. The summed E-state index contributed by atoms with van der Waals surface area (Å²) in [6.07, 6.45) is 4.36. The zero-order valence-electron chi connectivity index (χ0n) is 15.4. The van der Waals surface area contributed by atoms with Crippen molar-refractivity contribution in [1.82, 2.24) is 29.9 Å². The second-order valence-electron chi connectivity index (χ2n) is 7.30. The Hall–Kier alpha value is -2.06. The normalized spacial score (nSPS) is 18.8. The topological polar surface area (TPSA) is 80.3 Å². The van der Waals surface area contributed by atoms with E-state index in [-0.39, 0.29) is 5.56 Å². The Bertz CT molecular complexity index is 806. The van der Waals surface area contributed by atoms with Crippen molar-refractivity contribution in [2.24, 2.45) is 0 Å². The molecule has 2 aromatic heterocycles. The number of hydrogen-bond acceptors (Lipinski definition) is 7. The molecule has 2 aliphatic rings.